The largest absolute Gasteiger partial charge is 0.344 e. The molecule has 0 aliphatic rings. The average molecular weight is 299 g/mol. The van der Waals surface area contributed by atoms with Gasteiger partial charge in [-0.3, -0.25) is 4.79 Å². The number of carbonyl (C=O) groups is 1. The van der Waals surface area contributed by atoms with E-state index in [0.29, 0.717) is 13.1 Å². The van der Waals surface area contributed by atoms with Gasteiger partial charge in [-0.1, -0.05) is 18.2 Å². The lowest BCUT2D eigenvalue weighted by molar-refractivity contribution is -0.129. The second-order valence-electron chi connectivity index (χ2n) is 4.38. The molecule has 0 saturated heterocycles. The lowest BCUT2D eigenvalue weighted by Gasteiger charge is -2.16. The average Bonchev–Trinajstić information content (AvgIpc) is 2.45. The van der Waals surface area contributed by atoms with Gasteiger partial charge in [0, 0.05) is 33.1 Å². The van der Waals surface area contributed by atoms with Crippen LogP contribution in [0.2, 0.25) is 0 Å². The smallest absolute Gasteiger partial charge is 0.240 e. The Hall–Kier alpha value is -1.44. The number of benzene rings is 1. The van der Waals surface area contributed by atoms with Gasteiger partial charge in [0.15, 0.2) is 0 Å². The summed E-state index contributed by atoms with van der Waals surface area (Å²) in [5.74, 6) is -0.0870. The zero-order valence-electron chi connectivity index (χ0n) is 11.8. The van der Waals surface area contributed by atoms with E-state index in [9.17, 15) is 13.2 Å². The standard InChI is InChI=1S/C13H21N3O3S/c1-14-10-11-16(2)13(17)8-9-15-20(18,19)12-6-4-3-5-7-12/h3-7,14-15H,8-11H2,1-2H3. The monoisotopic (exact) mass is 299 g/mol. The summed E-state index contributed by atoms with van der Waals surface area (Å²) in [4.78, 5) is 13.5. The maximum Gasteiger partial charge on any atom is 0.240 e. The molecule has 112 valence electrons. The Morgan fingerprint density at radius 2 is 1.85 bits per heavy atom. The zero-order chi connectivity index (χ0) is 15.0. The molecule has 0 fully saturated rings. The van der Waals surface area contributed by atoms with Crippen molar-refractivity contribution in [3.05, 3.63) is 30.3 Å². The quantitative estimate of drug-likeness (QED) is 0.710. The molecule has 0 spiro atoms. The van der Waals surface area contributed by atoms with Gasteiger partial charge < -0.3 is 10.2 Å². The Kier molecular flexibility index (Phi) is 6.63. The Bertz CT molecular complexity index is 517. The number of rotatable bonds is 8. The van der Waals surface area contributed by atoms with E-state index < -0.39 is 10.0 Å². The van der Waals surface area contributed by atoms with Crippen LogP contribution in [-0.4, -0.2) is 53.0 Å². The van der Waals surface area contributed by atoms with Gasteiger partial charge in [0.25, 0.3) is 0 Å². The SMILES string of the molecule is CNCCN(C)C(=O)CCNS(=O)(=O)c1ccccc1. The topological polar surface area (TPSA) is 78.5 Å². The minimum absolute atomic E-state index is 0.0870. The van der Waals surface area contributed by atoms with Gasteiger partial charge in [-0.2, -0.15) is 0 Å². The summed E-state index contributed by atoms with van der Waals surface area (Å²) in [7, 11) is -0.0201. The van der Waals surface area contributed by atoms with Gasteiger partial charge >= 0.3 is 0 Å². The molecule has 0 radical (unpaired) electrons. The third-order valence-corrected chi connectivity index (χ3v) is 4.28. The fourth-order valence-electron chi connectivity index (χ4n) is 1.57. The summed E-state index contributed by atoms with van der Waals surface area (Å²) in [6.07, 6.45) is 0.145. The van der Waals surface area contributed by atoms with Crippen LogP contribution in [0.4, 0.5) is 0 Å². The van der Waals surface area contributed by atoms with Crippen LogP contribution >= 0.6 is 0 Å². The van der Waals surface area contributed by atoms with Crippen LogP contribution in [0.15, 0.2) is 35.2 Å². The lowest BCUT2D eigenvalue weighted by atomic mass is 10.3. The van der Waals surface area contributed by atoms with E-state index in [1.54, 1.807) is 30.1 Å². The fourth-order valence-corrected chi connectivity index (χ4v) is 2.62. The van der Waals surface area contributed by atoms with Crippen molar-refractivity contribution >= 4 is 15.9 Å². The summed E-state index contributed by atoms with van der Waals surface area (Å²) in [5.41, 5.74) is 0. The summed E-state index contributed by atoms with van der Waals surface area (Å²) >= 11 is 0. The third-order valence-electron chi connectivity index (χ3n) is 2.81. The van der Waals surface area contributed by atoms with E-state index in [-0.39, 0.29) is 23.8 Å². The Labute approximate surface area is 120 Å². The fraction of sp³-hybridized carbons (Fsp3) is 0.462. The first-order valence-electron chi connectivity index (χ1n) is 6.40. The van der Waals surface area contributed by atoms with Crippen molar-refractivity contribution in [1.29, 1.82) is 0 Å². The number of sulfonamides is 1. The maximum atomic E-state index is 11.9. The lowest BCUT2D eigenvalue weighted by Crippen LogP contribution is -2.35. The van der Waals surface area contributed by atoms with Gasteiger partial charge in [0.2, 0.25) is 15.9 Å². The van der Waals surface area contributed by atoms with Crippen molar-refractivity contribution in [2.24, 2.45) is 0 Å². The van der Waals surface area contributed by atoms with Crippen LogP contribution in [0.1, 0.15) is 6.42 Å². The first kappa shape index (κ1) is 16.6. The summed E-state index contributed by atoms with van der Waals surface area (Å²) in [6.45, 7) is 1.40. The van der Waals surface area contributed by atoms with Gasteiger partial charge in [0.1, 0.15) is 0 Å². The molecule has 0 saturated carbocycles. The highest BCUT2D eigenvalue weighted by Crippen LogP contribution is 2.06. The summed E-state index contributed by atoms with van der Waals surface area (Å²) in [6, 6.07) is 8.10. The molecule has 1 aromatic rings. The third kappa shape index (κ3) is 5.28. The van der Waals surface area contributed by atoms with E-state index in [2.05, 4.69) is 10.0 Å². The minimum atomic E-state index is -3.53. The van der Waals surface area contributed by atoms with Crippen LogP contribution in [0.3, 0.4) is 0 Å². The molecule has 0 bridgehead atoms. The molecule has 6 nitrogen and oxygen atoms in total. The molecule has 7 heteroatoms. The van der Waals surface area contributed by atoms with Gasteiger partial charge in [-0.05, 0) is 19.2 Å². The van der Waals surface area contributed by atoms with Crippen molar-refractivity contribution in [2.75, 3.05) is 33.7 Å². The second kappa shape index (κ2) is 7.98. The normalized spacial score (nSPS) is 11.3. The van der Waals surface area contributed by atoms with Crippen LogP contribution in [-0.2, 0) is 14.8 Å². The number of likely N-dealkylation sites (N-methyl/N-ethyl adjacent to an activating group) is 2. The van der Waals surface area contributed by atoms with E-state index in [1.165, 1.54) is 12.1 Å². The molecule has 1 rings (SSSR count). The maximum absolute atomic E-state index is 11.9. The van der Waals surface area contributed by atoms with Gasteiger partial charge in [0.05, 0.1) is 4.90 Å². The molecule has 0 aliphatic heterocycles. The minimum Gasteiger partial charge on any atom is -0.344 e. The predicted molar refractivity (Wildman–Crippen MR) is 77.8 cm³/mol. The highest BCUT2D eigenvalue weighted by molar-refractivity contribution is 7.89. The van der Waals surface area contributed by atoms with Crippen molar-refractivity contribution < 1.29 is 13.2 Å². The van der Waals surface area contributed by atoms with Crippen molar-refractivity contribution in [2.45, 2.75) is 11.3 Å². The van der Waals surface area contributed by atoms with E-state index in [1.807, 2.05) is 7.05 Å². The molecule has 1 aromatic carbocycles. The molecular weight excluding hydrogens is 278 g/mol. The number of hydrogen-bond donors (Lipinski definition) is 2. The number of carbonyl (C=O) groups excluding carboxylic acids is 1. The van der Waals surface area contributed by atoms with E-state index in [0.717, 1.165) is 0 Å². The molecular formula is C13H21N3O3S. The highest BCUT2D eigenvalue weighted by Gasteiger charge is 2.14. The first-order chi connectivity index (χ1) is 9.47. The molecule has 0 atom stereocenters. The predicted octanol–water partition coefficient (Wildman–Crippen LogP) is 0.0328. The van der Waals surface area contributed by atoms with Crippen LogP contribution in [0, 0.1) is 0 Å². The zero-order valence-corrected chi connectivity index (χ0v) is 12.6. The Morgan fingerprint density at radius 3 is 2.45 bits per heavy atom. The molecule has 20 heavy (non-hydrogen) atoms. The Morgan fingerprint density at radius 1 is 1.20 bits per heavy atom. The van der Waals surface area contributed by atoms with Crippen LogP contribution in [0.25, 0.3) is 0 Å². The number of nitrogens with zero attached hydrogens (tertiary/aromatic N) is 1. The number of amides is 1. The molecule has 0 heterocycles. The second-order valence-corrected chi connectivity index (χ2v) is 6.15. The molecule has 0 aromatic heterocycles. The van der Waals surface area contributed by atoms with Gasteiger partial charge in [-0.15, -0.1) is 0 Å². The summed E-state index contributed by atoms with van der Waals surface area (Å²) in [5, 5.41) is 2.95. The number of hydrogen-bond acceptors (Lipinski definition) is 4. The van der Waals surface area contributed by atoms with Crippen molar-refractivity contribution in [3.63, 3.8) is 0 Å². The molecule has 0 aliphatic carbocycles. The van der Waals surface area contributed by atoms with Crippen LogP contribution < -0.4 is 10.0 Å². The Balaban J connectivity index is 2.42. The van der Waals surface area contributed by atoms with Crippen molar-refractivity contribution in [3.8, 4) is 0 Å². The molecule has 0 unspecified atom stereocenters. The van der Waals surface area contributed by atoms with E-state index >= 15 is 0 Å². The molecule has 2 N–H and O–H groups in total. The molecule has 1 amide bonds. The summed E-state index contributed by atoms with van der Waals surface area (Å²) < 4.78 is 26.2. The highest BCUT2D eigenvalue weighted by atomic mass is 32.2. The van der Waals surface area contributed by atoms with Gasteiger partial charge in [-0.25, -0.2) is 13.1 Å². The first-order valence-corrected chi connectivity index (χ1v) is 7.89. The number of nitrogens with one attached hydrogen (secondary N) is 2. The van der Waals surface area contributed by atoms with E-state index in [4.69, 9.17) is 0 Å². The van der Waals surface area contributed by atoms with Crippen LogP contribution in [0.5, 0.6) is 0 Å². The van der Waals surface area contributed by atoms with Crippen molar-refractivity contribution in [1.82, 2.24) is 14.9 Å².